The van der Waals surface area contributed by atoms with Gasteiger partial charge >= 0.3 is 5.97 Å². The lowest BCUT2D eigenvalue weighted by molar-refractivity contribution is 0.0519. The van der Waals surface area contributed by atoms with E-state index < -0.39 is 22.0 Å². The SMILES string of the molecule is CCCN(C(C)C(=O)c1c(C)[nH]c(C(=O)OCC)c1C)S(=O)(=O)c1ccc(OC)cc1. The third-order valence-corrected chi connectivity index (χ3v) is 7.07. The molecule has 31 heavy (non-hydrogen) atoms. The average Bonchev–Trinajstić information content (AvgIpc) is 3.05. The summed E-state index contributed by atoms with van der Waals surface area (Å²) in [6, 6.07) is 5.08. The fraction of sp³-hybridized carbons (Fsp3) is 0.455. The number of H-pyrrole nitrogens is 1. The Bertz CT molecular complexity index is 1040. The van der Waals surface area contributed by atoms with Crippen molar-refractivity contribution in [3.05, 3.63) is 46.8 Å². The molecular weight excluding hydrogens is 420 g/mol. The minimum atomic E-state index is -3.93. The molecule has 0 spiro atoms. The Morgan fingerprint density at radius 2 is 1.74 bits per heavy atom. The Balaban J connectivity index is 2.44. The Labute approximate surface area is 183 Å². The number of esters is 1. The quantitative estimate of drug-likeness (QED) is 0.439. The fourth-order valence-electron chi connectivity index (χ4n) is 3.49. The van der Waals surface area contributed by atoms with E-state index in [1.54, 1.807) is 39.8 Å². The van der Waals surface area contributed by atoms with Crippen molar-refractivity contribution in [1.82, 2.24) is 9.29 Å². The molecule has 0 aliphatic heterocycles. The van der Waals surface area contributed by atoms with E-state index in [0.29, 0.717) is 29.0 Å². The van der Waals surface area contributed by atoms with E-state index in [-0.39, 0.29) is 29.5 Å². The van der Waals surface area contributed by atoms with Gasteiger partial charge in [-0.05, 0) is 63.9 Å². The molecule has 2 rings (SSSR count). The highest BCUT2D eigenvalue weighted by atomic mass is 32.2. The first-order valence-corrected chi connectivity index (χ1v) is 11.6. The van der Waals surface area contributed by atoms with Crippen molar-refractivity contribution in [1.29, 1.82) is 0 Å². The highest BCUT2D eigenvalue weighted by molar-refractivity contribution is 7.89. The number of carbonyl (C=O) groups excluding carboxylic acids is 2. The molecule has 1 aromatic carbocycles. The number of aromatic nitrogens is 1. The van der Waals surface area contributed by atoms with Gasteiger partial charge in [-0.2, -0.15) is 4.31 Å². The summed E-state index contributed by atoms with van der Waals surface area (Å²) in [7, 11) is -2.43. The maximum absolute atomic E-state index is 13.4. The summed E-state index contributed by atoms with van der Waals surface area (Å²) in [5.41, 5.74) is 1.46. The van der Waals surface area contributed by atoms with Gasteiger partial charge in [0.1, 0.15) is 11.4 Å². The summed E-state index contributed by atoms with van der Waals surface area (Å²) >= 11 is 0. The third-order valence-electron chi connectivity index (χ3n) is 5.08. The lowest BCUT2D eigenvalue weighted by Crippen LogP contribution is -2.43. The van der Waals surface area contributed by atoms with Crippen LogP contribution in [0.5, 0.6) is 5.75 Å². The molecule has 0 fully saturated rings. The molecule has 1 aromatic heterocycles. The van der Waals surface area contributed by atoms with Crippen molar-refractivity contribution in [2.45, 2.75) is 52.0 Å². The van der Waals surface area contributed by atoms with Crippen LogP contribution in [0.15, 0.2) is 29.2 Å². The van der Waals surface area contributed by atoms with E-state index in [4.69, 9.17) is 9.47 Å². The van der Waals surface area contributed by atoms with Crippen LogP contribution in [0.3, 0.4) is 0 Å². The number of nitrogens with one attached hydrogen (secondary N) is 1. The number of rotatable bonds is 10. The van der Waals surface area contributed by atoms with Crippen LogP contribution in [0, 0.1) is 13.8 Å². The maximum atomic E-state index is 13.4. The number of aromatic amines is 1. The van der Waals surface area contributed by atoms with Gasteiger partial charge in [-0.25, -0.2) is 13.2 Å². The molecule has 1 heterocycles. The van der Waals surface area contributed by atoms with Gasteiger partial charge in [0.25, 0.3) is 0 Å². The van der Waals surface area contributed by atoms with E-state index in [2.05, 4.69) is 4.98 Å². The molecule has 0 aliphatic rings. The van der Waals surface area contributed by atoms with Crippen LogP contribution in [0.25, 0.3) is 0 Å². The van der Waals surface area contributed by atoms with Gasteiger partial charge in [0.05, 0.1) is 24.7 Å². The zero-order valence-electron chi connectivity index (χ0n) is 18.8. The van der Waals surface area contributed by atoms with Gasteiger partial charge in [0.15, 0.2) is 5.78 Å². The van der Waals surface area contributed by atoms with Crippen molar-refractivity contribution in [2.75, 3.05) is 20.3 Å². The first-order chi connectivity index (χ1) is 14.6. The van der Waals surface area contributed by atoms with Gasteiger partial charge in [0, 0.05) is 17.8 Å². The Morgan fingerprint density at radius 3 is 2.26 bits per heavy atom. The molecule has 8 nitrogen and oxygen atoms in total. The standard InChI is InChI=1S/C22H30N2O6S/c1-7-13-24(31(27,28)18-11-9-17(29-6)10-12-18)16(5)21(25)19-14(3)20(23-15(19)4)22(26)30-8-2/h9-12,16,23H,7-8,13H2,1-6H3. The summed E-state index contributed by atoms with van der Waals surface area (Å²) in [5.74, 6) is -0.395. The van der Waals surface area contributed by atoms with Crippen molar-refractivity contribution >= 4 is 21.8 Å². The van der Waals surface area contributed by atoms with E-state index in [0.717, 1.165) is 0 Å². The molecule has 0 radical (unpaired) electrons. The second-order valence-electron chi connectivity index (χ2n) is 7.18. The topological polar surface area (TPSA) is 106 Å². The summed E-state index contributed by atoms with van der Waals surface area (Å²) in [6.45, 7) is 8.82. The lowest BCUT2D eigenvalue weighted by Gasteiger charge is -2.27. The monoisotopic (exact) mass is 450 g/mol. The van der Waals surface area contributed by atoms with Gasteiger partial charge in [0.2, 0.25) is 10.0 Å². The first kappa shape index (κ1) is 24.6. The number of Topliss-reactive ketones (excluding diaryl/α,β-unsaturated/α-hetero) is 1. The molecule has 1 N–H and O–H groups in total. The van der Waals surface area contributed by atoms with Crippen LogP contribution in [-0.4, -0.2) is 55.8 Å². The molecular formula is C22H30N2O6S. The van der Waals surface area contributed by atoms with Crippen molar-refractivity contribution in [2.24, 2.45) is 0 Å². The Morgan fingerprint density at radius 1 is 1.13 bits per heavy atom. The normalized spacial score (nSPS) is 12.6. The highest BCUT2D eigenvalue weighted by Crippen LogP contribution is 2.26. The predicted octanol–water partition coefficient (Wildman–Crippen LogP) is 3.49. The maximum Gasteiger partial charge on any atom is 0.355 e. The predicted molar refractivity (Wildman–Crippen MR) is 117 cm³/mol. The second kappa shape index (κ2) is 10.1. The van der Waals surface area contributed by atoms with Crippen LogP contribution in [-0.2, 0) is 14.8 Å². The molecule has 0 bridgehead atoms. The summed E-state index contributed by atoms with van der Waals surface area (Å²) in [6.07, 6.45) is 0.534. The van der Waals surface area contributed by atoms with E-state index in [1.807, 2.05) is 6.92 Å². The van der Waals surface area contributed by atoms with Crippen LogP contribution in [0.1, 0.15) is 59.3 Å². The summed E-state index contributed by atoms with van der Waals surface area (Å²) in [4.78, 5) is 28.5. The molecule has 0 saturated carbocycles. The van der Waals surface area contributed by atoms with E-state index in [9.17, 15) is 18.0 Å². The summed E-state index contributed by atoms with van der Waals surface area (Å²) < 4.78 is 38.0. The van der Waals surface area contributed by atoms with Gasteiger partial charge in [-0.15, -0.1) is 0 Å². The number of ether oxygens (including phenoxy) is 2. The number of aryl methyl sites for hydroxylation is 1. The van der Waals surface area contributed by atoms with Crippen molar-refractivity contribution < 1.29 is 27.5 Å². The number of benzene rings is 1. The smallest absolute Gasteiger partial charge is 0.355 e. The molecule has 2 aromatic rings. The number of nitrogens with zero attached hydrogens (tertiary/aromatic N) is 1. The molecule has 1 unspecified atom stereocenters. The van der Waals surface area contributed by atoms with Crippen molar-refractivity contribution in [3.8, 4) is 5.75 Å². The Hall–Kier alpha value is -2.65. The van der Waals surface area contributed by atoms with E-state index >= 15 is 0 Å². The molecule has 0 saturated heterocycles. The highest BCUT2D eigenvalue weighted by Gasteiger charge is 2.35. The average molecular weight is 451 g/mol. The number of hydrogen-bond acceptors (Lipinski definition) is 6. The lowest BCUT2D eigenvalue weighted by atomic mass is 10.0. The fourth-order valence-corrected chi connectivity index (χ4v) is 5.18. The van der Waals surface area contributed by atoms with E-state index in [1.165, 1.54) is 23.5 Å². The van der Waals surface area contributed by atoms with Crippen LogP contribution in [0.4, 0.5) is 0 Å². The number of carbonyl (C=O) groups is 2. The molecule has 1 atom stereocenters. The van der Waals surface area contributed by atoms with Gasteiger partial charge in [-0.3, -0.25) is 4.79 Å². The number of hydrogen-bond donors (Lipinski definition) is 1. The molecule has 0 amide bonds. The Kier molecular flexibility index (Phi) is 8.02. The van der Waals surface area contributed by atoms with Gasteiger partial charge < -0.3 is 14.5 Å². The number of sulfonamides is 1. The molecule has 170 valence electrons. The number of ketones is 1. The zero-order valence-corrected chi connectivity index (χ0v) is 19.6. The number of methoxy groups -OCH3 is 1. The largest absolute Gasteiger partial charge is 0.497 e. The van der Waals surface area contributed by atoms with Gasteiger partial charge in [-0.1, -0.05) is 6.92 Å². The van der Waals surface area contributed by atoms with Crippen LogP contribution in [0.2, 0.25) is 0 Å². The molecule has 9 heteroatoms. The van der Waals surface area contributed by atoms with Crippen molar-refractivity contribution in [3.63, 3.8) is 0 Å². The van der Waals surface area contributed by atoms with Crippen LogP contribution >= 0.6 is 0 Å². The minimum Gasteiger partial charge on any atom is -0.497 e. The summed E-state index contributed by atoms with van der Waals surface area (Å²) in [5, 5.41) is 0. The first-order valence-electron chi connectivity index (χ1n) is 10.2. The minimum absolute atomic E-state index is 0.0797. The molecule has 0 aliphatic carbocycles. The zero-order chi connectivity index (χ0) is 23.3. The third kappa shape index (κ3) is 4.99. The van der Waals surface area contributed by atoms with Crippen LogP contribution < -0.4 is 4.74 Å². The second-order valence-corrected chi connectivity index (χ2v) is 9.07.